The van der Waals surface area contributed by atoms with Gasteiger partial charge in [-0.3, -0.25) is 9.55 Å². The van der Waals surface area contributed by atoms with E-state index in [4.69, 9.17) is 9.97 Å². The first-order valence-electron chi connectivity index (χ1n) is 20.5. The van der Waals surface area contributed by atoms with E-state index in [0.717, 1.165) is 34.6 Å². The number of benzene rings is 5. The van der Waals surface area contributed by atoms with Crippen LogP contribution in [0.25, 0.3) is 72.7 Å². The molecule has 0 radical (unpaired) electrons. The predicted molar refractivity (Wildman–Crippen MR) is 231 cm³/mol. The van der Waals surface area contributed by atoms with Crippen molar-refractivity contribution in [1.82, 2.24) is 24.4 Å². The molecule has 5 heteroatoms. The van der Waals surface area contributed by atoms with Crippen LogP contribution in [0.5, 0.6) is 0 Å². The average Bonchev–Trinajstić information content (AvgIpc) is 3.98. The molecule has 3 aliphatic carbocycles. The second-order valence-electron chi connectivity index (χ2n) is 16.4. The molecule has 5 aromatic carbocycles. The summed E-state index contributed by atoms with van der Waals surface area (Å²) in [5, 5.41) is 5.89. The first-order valence-corrected chi connectivity index (χ1v) is 20.5. The zero-order valence-corrected chi connectivity index (χ0v) is 31.5. The van der Waals surface area contributed by atoms with E-state index in [0.29, 0.717) is 11.8 Å². The van der Waals surface area contributed by atoms with E-state index in [2.05, 4.69) is 154 Å². The van der Waals surface area contributed by atoms with Gasteiger partial charge >= 0.3 is 0 Å². The van der Waals surface area contributed by atoms with E-state index in [-0.39, 0.29) is 5.41 Å². The molecule has 57 heavy (non-hydrogen) atoms. The molecule has 1 saturated carbocycles. The van der Waals surface area contributed by atoms with Crippen molar-refractivity contribution < 1.29 is 0 Å². The summed E-state index contributed by atoms with van der Waals surface area (Å²) in [5.41, 5.74) is 19.8. The van der Waals surface area contributed by atoms with Crippen LogP contribution in [-0.2, 0) is 12.0 Å². The van der Waals surface area contributed by atoms with Crippen molar-refractivity contribution in [3.05, 3.63) is 186 Å². The van der Waals surface area contributed by atoms with Gasteiger partial charge in [0.15, 0.2) is 0 Å². The fourth-order valence-corrected chi connectivity index (χ4v) is 11.6. The lowest BCUT2D eigenvalue weighted by molar-refractivity contribution is 0.264. The molecule has 0 bridgehead atoms. The Morgan fingerprint density at radius 2 is 1.28 bits per heavy atom. The molecule has 2 atom stereocenters. The quantitative estimate of drug-likeness (QED) is 0.197. The zero-order valence-electron chi connectivity index (χ0n) is 31.5. The molecule has 0 amide bonds. The molecule has 9 aromatic rings. The third-order valence-electron chi connectivity index (χ3n) is 13.9. The lowest BCUT2D eigenvalue weighted by Gasteiger charge is -2.39. The minimum Gasteiger partial charge on any atom is -0.385 e. The van der Waals surface area contributed by atoms with Crippen LogP contribution < -0.4 is 5.32 Å². The number of rotatable bonds is 3. The number of nitrogens with one attached hydrogen (secondary N) is 1. The third-order valence-corrected chi connectivity index (χ3v) is 13.9. The fraction of sp³-hybridized carbons (Fsp3) is 0.154. The fourth-order valence-electron chi connectivity index (χ4n) is 11.6. The lowest BCUT2D eigenvalue weighted by Crippen LogP contribution is -2.35. The molecule has 1 spiro atoms. The smallest absolute Gasteiger partial charge is 0.145 e. The molecular weight excluding hydrogens is 695 g/mol. The molecule has 4 aliphatic rings. The Labute approximate surface area is 331 Å². The highest BCUT2D eigenvalue weighted by Crippen LogP contribution is 2.67. The van der Waals surface area contributed by atoms with E-state index in [1.165, 1.54) is 97.9 Å². The number of nitrogens with zero attached hydrogens (tertiary/aromatic N) is 4. The van der Waals surface area contributed by atoms with Crippen LogP contribution in [0.3, 0.4) is 0 Å². The summed E-state index contributed by atoms with van der Waals surface area (Å²) in [6.45, 7) is 0.774. The summed E-state index contributed by atoms with van der Waals surface area (Å²) in [5.74, 6) is 0.940. The van der Waals surface area contributed by atoms with Crippen molar-refractivity contribution in [1.29, 1.82) is 0 Å². The first kappa shape index (κ1) is 31.5. The monoisotopic (exact) mass is 733 g/mol. The van der Waals surface area contributed by atoms with Gasteiger partial charge in [-0.1, -0.05) is 104 Å². The highest BCUT2D eigenvalue weighted by Gasteiger charge is 2.59. The van der Waals surface area contributed by atoms with Crippen molar-refractivity contribution in [3.63, 3.8) is 0 Å². The Hall–Kier alpha value is -6.72. The maximum Gasteiger partial charge on any atom is 0.145 e. The van der Waals surface area contributed by atoms with E-state index >= 15 is 0 Å². The summed E-state index contributed by atoms with van der Waals surface area (Å²) < 4.78 is 4.75. The van der Waals surface area contributed by atoms with Gasteiger partial charge in [-0.15, -0.1) is 0 Å². The van der Waals surface area contributed by atoms with Crippen LogP contribution in [0.1, 0.15) is 65.2 Å². The summed E-state index contributed by atoms with van der Waals surface area (Å²) >= 11 is 0. The van der Waals surface area contributed by atoms with E-state index < -0.39 is 0 Å². The molecule has 1 N–H and O–H groups in total. The zero-order chi connectivity index (χ0) is 37.2. The van der Waals surface area contributed by atoms with Crippen molar-refractivity contribution in [2.45, 2.75) is 43.6 Å². The SMILES string of the molecule is C1=Cc2c(n(-c3ccc(-c4ccc(-n5c6ccccc6c6cc7c(nc65)C5CCCCC5C75c6ccccc6-c6ccccc65)cc4)cc3)c3cccnc23)CN1. The number of aromatic nitrogens is 4. The van der Waals surface area contributed by atoms with Crippen molar-refractivity contribution in [3.8, 4) is 33.6 Å². The largest absolute Gasteiger partial charge is 0.385 e. The van der Waals surface area contributed by atoms with Gasteiger partial charge in [-0.2, -0.15) is 0 Å². The van der Waals surface area contributed by atoms with Crippen molar-refractivity contribution >= 4 is 39.0 Å². The minimum absolute atomic E-state index is 0.173. The van der Waals surface area contributed by atoms with Gasteiger partial charge in [0.05, 0.1) is 39.9 Å². The number of hydrogen-bond donors (Lipinski definition) is 1. The Bertz CT molecular complexity index is 3100. The Balaban J connectivity index is 0.940. The summed E-state index contributed by atoms with van der Waals surface area (Å²) in [4.78, 5) is 10.6. The highest BCUT2D eigenvalue weighted by molar-refractivity contribution is 6.08. The summed E-state index contributed by atoms with van der Waals surface area (Å²) in [6, 6.07) is 52.1. The third kappa shape index (κ3) is 4.13. The van der Waals surface area contributed by atoms with Crippen LogP contribution >= 0.6 is 0 Å². The lowest BCUT2D eigenvalue weighted by atomic mass is 9.63. The Morgan fingerprint density at radius 3 is 2.05 bits per heavy atom. The van der Waals surface area contributed by atoms with Crippen LogP contribution in [0, 0.1) is 5.92 Å². The maximum absolute atomic E-state index is 5.83. The normalized spacial score (nSPS) is 18.4. The molecule has 2 unspecified atom stereocenters. The Morgan fingerprint density at radius 1 is 0.614 bits per heavy atom. The molecule has 5 nitrogen and oxygen atoms in total. The van der Waals surface area contributed by atoms with Crippen LogP contribution in [-0.4, -0.2) is 19.1 Å². The topological polar surface area (TPSA) is 47.7 Å². The van der Waals surface area contributed by atoms with Gasteiger partial charge in [-0.25, -0.2) is 4.98 Å². The van der Waals surface area contributed by atoms with Crippen LogP contribution in [0.4, 0.5) is 0 Å². The molecule has 272 valence electrons. The molecule has 1 aliphatic heterocycles. The number of hydrogen-bond acceptors (Lipinski definition) is 3. The molecule has 5 heterocycles. The second kappa shape index (κ2) is 11.7. The van der Waals surface area contributed by atoms with Gasteiger partial charge < -0.3 is 9.88 Å². The molecular formula is C52H39N5. The number of fused-ring (bicyclic) bond motifs is 16. The second-order valence-corrected chi connectivity index (χ2v) is 16.4. The summed E-state index contributed by atoms with van der Waals surface area (Å²) in [7, 11) is 0. The molecule has 4 aromatic heterocycles. The standard InChI is InChI=1S/C52H39N5/c1-5-14-42-36(10-1)37-11-2-6-15-43(37)52(42)44-16-7-3-13-39(44)49-45(52)30-41-38-12-4-8-17-46(38)57(51(41)55-49)35-25-21-33(22-26-35)32-19-23-34(24-20-32)56-47-18-9-28-54-50(47)40-27-29-53-31-48(40)56/h1-2,4-6,8-12,14-15,17-30,39,44,53H,3,7,13,16,31H2. The van der Waals surface area contributed by atoms with Crippen molar-refractivity contribution in [2.75, 3.05) is 0 Å². The van der Waals surface area contributed by atoms with Gasteiger partial charge in [0.2, 0.25) is 0 Å². The maximum atomic E-state index is 5.83. The van der Waals surface area contributed by atoms with Crippen LogP contribution in [0.2, 0.25) is 0 Å². The average molecular weight is 734 g/mol. The molecule has 0 saturated heterocycles. The van der Waals surface area contributed by atoms with Crippen molar-refractivity contribution in [2.24, 2.45) is 5.92 Å². The van der Waals surface area contributed by atoms with E-state index in [9.17, 15) is 0 Å². The highest BCUT2D eigenvalue weighted by atomic mass is 15.1. The number of pyridine rings is 2. The summed E-state index contributed by atoms with van der Waals surface area (Å²) in [6.07, 6.45) is 11.0. The molecule has 13 rings (SSSR count). The first-order chi connectivity index (χ1) is 28.3. The predicted octanol–water partition coefficient (Wildman–Crippen LogP) is 11.9. The van der Waals surface area contributed by atoms with Crippen LogP contribution in [0.15, 0.2) is 152 Å². The van der Waals surface area contributed by atoms with Gasteiger partial charge in [0.1, 0.15) is 5.65 Å². The Kier molecular flexibility index (Phi) is 6.44. The van der Waals surface area contributed by atoms with E-state index in [1.807, 2.05) is 18.5 Å². The van der Waals surface area contributed by atoms with Gasteiger partial charge in [0, 0.05) is 39.8 Å². The van der Waals surface area contributed by atoms with E-state index in [1.54, 1.807) is 0 Å². The molecule has 1 fully saturated rings. The minimum atomic E-state index is -0.173. The van der Waals surface area contributed by atoms with Gasteiger partial charge in [-0.05, 0) is 119 Å². The number of para-hydroxylation sites is 1. The van der Waals surface area contributed by atoms with Gasteiger partial charge in [0.25, 0.3) is 0 Å².